The molecule has 0 aliphatic heterocycles. The molecule has 1 aliphatic carbocycles. The minimum Gasteiger partial charge on any atom is -0.481 e. The molecule has 2 N–H and O–H groups in total. The second kappa shape index (κ2) is 6.18. The molecule has 0 saturated heterocycles. The summed E-state index contributed by atoms with van der Waals surface area (Å²) in [4.78, 5) is 21.9. The zero-order valence-corrected chi connectivity index (χ0v) is 10.9. The van der Waals surface area contributed by atoms with E-state index in [-0.39, 0.29) is 25.1 Å². The van der Waals surface area contributed by atoms with E-state index in [1.165, 1.54) is 6.08 Å². The lowest BCUT2D eigenvalue weighted by Gasteiger charge is -2.31. The summed E-state index contributed by atoms with van der Waals surface area (Å²) in [5, 5.41) is 19.2. The molecule has 0 atom stereocenters. The highest BCUT2D eigenvalue weighted by Crippen LogP contribution is 2.37. The van der Waals surface area contributed by atoms with Crippen LogP contribution in [-0.2, 0) is 16.1 Å². The molecular weight excluding hydrogens is 264 g/mol. The van der Waals surface area contributed by atoms with E-state index in [1.54, 1.807) is 10.9 Å². The Hall–Kier alpha value is -2.38. The molecule has 0 spiro atoms. The van der Waals surface area contributed by atoms with Crippen LogP contribution in [0, 0.1) is 5.92 Å². The summed E-state index contributed by atoms with van der Waals surface area (Å²) in [7, 11) is 0. The highest BCUT2D eigenvalue weighted by Gasteiger charge is 2.36. The molecule has 20 heavy (non-hydrogen) atoms. The van der Waals surface area contributed by atoms with Crippen LogP contribution in [-0.4, -0.2) is 38.8 Å². The van der Waals surface area contributed by atoms with Gasteiger partial charge in [-0.05, 0) is 12.8 Å². The van der Waals surface area contributed by atoms with E-state index in [4.69, 9.17) is 9.84 Å². The number of hydrogen-bond acceptors (Lipinski definition) is 5. The predicted octanol–water partition coefficient (Wildman–Crippen LogP) is 0.726. The van der Waals surface area contributed by atoms with Crippen molar-refractivity contribution in [3.63, 3.8) is 0 Å². The zero-order chi connectivity index (χ0) is 14.5. The molecule has 0 bridgehead atoms. The van der Waals surface area contributed by atoms with E-state index in [2.05, 4.69) is 22.2 Å². The fourth-order valence-electron chi connectivity index (χ4n) is 1.93. The van der Waals surface area contributed by atoms with E-state index in [0.717, 1.165) is 0 Å². The number of ether oxygens (including phenoxy) is 1. The first-order chi connectivity index (χ1) is 9.60. The lowest BCUT2D eigenvalue weighted by Crippen LogP contribution is -2.32. The molecule has 1 saturated carbocycles. The van der Waals surface area contributed by atoms with Crippen LogP contribution in [0.4, 0.5) is 4.79 Å². The van der Waals surface area contributed by atoms with Crippen molar-refractivity contribution in [3.8, 4) is 0 Å². The first-order valence-electron chi connectivity index (χ1n) is 6.25. The molecule has 1 aliphatic rings. The van der Waals surface area contributed by atoms with Crippen LogP contribution in [0.15, 0.2) is 18.9 Å². The van der Waals surface area contributed by atoms with Gasteiger partial charge < -0.3 is 15.2 Å². The summed E-state index contributed by atoms with van der Waals surface area (Å²) >= 11 is 0. The standard InChI is InChI=1S/C12H16N4O4/c1-2-3-20-12(19)13-6-9-7-16(15-14-9)10-4-8(5-10)11(17)18/h2,7-8,10H,1,3-6H2,(H,13,19)(H,17,18). The summed E-state index contributed by atoms with van der Waals surface area (Å²) in [5.41, 5.74) is 0.597. The Morgan fingerprint density at radius 1 is 1.60 bits per heavy atom. The number of alkyl carbamates (subject to hydrolysis) is 1. The summed E-state index contributed by atoms with van der Waals surface area (Å²) in [6.07, 6.45) is 3.76. The first-order valence-corrected chi connectivity index (χ1v) is 6.25. The lowest BCUT2D eigenvalue weighted by atomic mass is 9.80. The van der Waals surface area contributed by atoms with Crippen LogP contribution in [0.2, 0.25) is 0 Å². The van der Waals surface area contributed by atoms with Gasteiger partial charge >= 0.3 is 12.1 Å². The molecule has 1 aromatic heterocycles. The molecule has 0 unspecified atom stereocenters. The number of hydrogen-bond donors (Lipinski definition) is 2. The monoisotopic (exact) mass is 280 g/mol. The molecule has 1 fully saturated rings. The summed E-state index contributed by atoms with van der Waals surface area (Å²) in [5.74, 6) is -1.06. The quantitative estimate of drug-likeness (QED) is 0.744. The Labute approximate surface area is 115 Å². The van der Waals surface area contributed by atoms with Crippen LogP contribution in [0.5, 0.6) is 0 Å². The third kappa shape index (κ3) is 3.34. The smallest absolute Gasteiger partial charge is 0.407 e. The zero-order valence-electron chi connectivity index (χ0n) is 10.9. The normalized spacial score (nSPS) is 20.8. The number of aliphatic carboxylic acids is 1. The largest absolute Gasteiger partial charge is 0.481 e. The molecule has 108 valence electrons. The third-order valence-corrected chi connectivity index (χ3v) is 3.14. The van der Waals surface area contributed by atoms with E-state index in [9.17, 15) is 9.59 Å². The summed E-state index contributed by atoms with van der Waals surface area (Å²) < 4.78 is 6.40. The highest BCUT2D eigenvalue weighted by molar-refractivity contribution is 5.71. The van der Waals surface area contributed by atoms with E-state index >= 15 is 0 Å². The van der Waals surface area contributed by atoms with Crippen molar-refractivity contribution in [1.29, 1.82) is 0 Å². The van der Waals surface area contributed by atoms with Crippen LogP contribution in [0.1, 0.15) is 24.6 Å². The van der Waals surface area contributed by atoms with Gasteiger partial charge in [-0.25, -0.2) is 9.48 Å². The van der Waals surface area contributed by atoms with Crippen molar-refractivity contribution in [1.82, 2.24) is 20.3 Å². The number of carboxylic acids is 1. The number of nitrogens with one attached hydrogen (secondary N) is 1. The number of aromatic nitrogens is 3. The van der Waals surface area contributed by atoms with Crippen molar-refractivity contribution in [2.75, 3.05) is 6.61 Å². The van der Waals surface area contributed by atoms with Crippen molar-refractivity contribution >= 4 is 12.1 Å². The maximum absolute atomic E-state index is 11.2. The van der Waals surface area contributed by atoms with Crippen molar-refractivity contribution in [3.05, 3.63) is 24.5 Å². The first kappa shape index (κ1) is 14.0. The van der Waals surface area contributed by atoms with Crippen LogP contribution >= 0.6 is 0 Å². The predicted molar refractivity (Wildman–Crippen MR) is 67.8 cm³/mol. The molecule has 1 amide bonds. The van der Waals surface area contributed by atoms with E-state index in [0.29, 0.717) is 18.5 Å². The van der Waals surface area contributed by atoms with Crippen LogP contribution in [0.3, 0.4) is 0 Å². The lowest BCUT2D eigenvalue weighted by molar-refractivity contribution is -0.146. The van der Waals surface area contributed by atoms with Gasteiger partial charge in [0.15, 0.2) is 0 Å². The highest BCUT2D eigenvalue weighted by atomic mass is 16.5. The minimum atomic E-state index is -0.770. The molecule has 8 heteroatoms. The van der Waals surface area contributed by atoms with Gasteiger partial charge in [-0.1, -0.05) is 17.9 Å². The number of rotatable bonds is 6. The van der Waals surface area contributed by atoms with Crippen molar-refractivity contribution in [2.45, 2.75) is 25.4 Å². The minimum absolute atomic E-state index is 0.0741. The van der Waals surface area contributed by atoms with Gasteiger partial charge in [-0.2, -0.15) is 0 Å². The topological polar surface area (TPSA) is 106 Å². The number of amides is 1. The molecule has 8 nitrogen and oxygen atoms in total. The second-order valence-corrected chi connectivity index (χ2v) is 4.59. The summed E-state index contributed by atoms with van der Waals surface area (Å²) in [6.45, 7) is 3.80. The molecular formula is C12H16N4O4. The number of carbonyl (C=O) groups is 2. The van der Waals surface area contributed by atoms with Gasteiger partial charge in [0.2, 0.25) is 0 Å². The van der Waals surface area contributed by atoms with Gasteiger partial charge in [0.1, 0.15) is 12.3 Å². The Kier molecular flexibility index (Phi) is 4.34. The van der Waals surface area contributed by atoms with Gasteiger partial charge in [0, 0.05) is 0 Å². The van der Waals surface area contributed by atoms with Crippen LogP contribution < -0.4 is 5.32 Å². The van der Waals surface area contributed by atoms with Gasteiger partial charge in [-0.15, -0.1) is 5.10 Å². The SMILES string of the molecule is C=CCOC(=O)NCc1cn(C2CC(C(=O)O)C2)nn1. The maximum atomic E-state index is 11.2. The van der Waals surface area contributed by atoms with Crippen molar-refractivity contribution in [2.24, 2.45) is 5.92 Å². The van der Waals surface area contributed by atoms with E-state index < -0.39 is 12.1 Å². The van der Waals surface area contributed by atoms with Crippen LogP contribution in [0.25, 0.3) is 0 Å². The molecule has 0 aromatic carbocycles. The Morgan fingerprint density at radius 3 is 3.00 bits per heavy atom. The molecule has 1 heterocycles. The van der Waals surface area contributed by atoms with Gasteiger partial charge in [-0.3, -0.25) is 4.79 Å². The summed E-state index contributed by atoms with van der Waals surface area (Å²) in [6, 6.07) is 0.0741. The Balaban J connectivity index is 1.77. The van der Waals surface area contributed by atoms with Gasteiger partial charge in [0.05, 0.1) is 24.7 Å². The molecule has 0 radical (unpaired) electrons. The van der Waals surface area contributed by atoms with Gasteiger partial charge in [0.25, 0.3) is 0 Å². The number of carboxylic acid groups (broad SMARTS) is 1. The van der Waals surface area contributed by atoms with Crippen molar-refractivity contribution < 1.29 is 19.4 Å². The Morgan fingerprint density at radius 2 is 2.35 bits per heavy atom. The van der Waals surface area contributed by atoms with E-state index in [1.807, 2.05) is 0 Å². The molecule has 2 rings (SSSR count). The Bertz CT molecular complexity index is 507. The molecule has 1 aromatic rings. The third-order valence-electron chi connectivity index (χ3n) is 3.14. The average molecular weight is 280 g/mol. The second-order valence-electron chi connectivity index (χ2n) is 4.59. The fourth-order valence-corrected chi connectivity index (χ4v) is 1.93. The average Bonchev–Trinajstić information content (AvgIpc) is 2.80. The fraction of sp³-hybridized carbons (Fsp3) is 0.500. The maximum Gasteiger partial charge on any atom is 0.407 e. The number of nitrogens with zero attached hydrogens (tertiary/aromatic N) is 3. The number of carbonyl (C=O) groups excluding carboxylic acids is 1.